The molecule has 0 saturated carbocycles. The Bertz CT molecular complexity index is 879. The molecular formula is C19H28N2O4S2. The molecule has 0 atom stereocenters. The number of unbranched alkanes of at least 4 members (excludes halogenated alkanes) is 1. The van der Waals surface area contributed by atoms with E-state index in [0.717, 1.165) is 18.4 Å². The van der Waals surface area contributed by atoms with Crippen LogP contribution in [0.4, 0.5) is 0 Å². The molecular weight excluding hydrogens is 384 g/mol. The van der Waals surface area contributed by atoms with E-state index in [2.05, 4.69) is 9.44 Å². The summed E-state index contributed by atoms with van der Waals surface area (Å²) < 4.78 is 51.0. The number of benzene rings is 2. The highest BCUT2D eigenvalue weighted by atomic mass is 32.2. The van der Waals surface area contributed by atoms with Crippen molar-refractivity contribution in [1.82, 2.24) is 9.44 Å². The van der Waals surface area contributed by atoms with Crippen LogP contribution in [0.5, 0.6) is 0 Å². The van der Waals surface area contributed by atoms with E-state index >= 15 is 0 Å². The summed E-state index contributed by atoms with van der Waals surface area (Å²) in [6.45, 7) is 6.62. The van der Waals surface area contributed by atoms with Crippen molar-refractivity contribution < 1.29 is 16.8 Å². The van der Waals surface area contributed by atoms with Gasteiger partial charge in [0, 0.05) is 13.1 Å². The summed E-state index contributed by atoms with van der Waals surface area (Å²) in [4.78, 5) is 0.649. The third kappa shape index (κ3) is 8.21. The van der Waals surface area contributed by atoms with Gasteiger partial charge in [0.05, 0.1) is 9.79 Å². The van der Waals surface area contributed by atoms with E-state index in [-0.39, 0.29) is 0 Å². The lowest BCUT2D eigenvalue weighted by Crippen LogP contribution is -2.24. The Labute approximate surface area is 163 Å². The Morgan fingerprint density at radius 3 is 1.78 bits per heavy atom. The van der Waals surface area contributed by atoms with Gasteiger partial charge in [-0.15, -0.1) is 0 Å². The zero-order valence-corrected chi connectivity index (χ0v) is 17.6. The summed E-state index contributed by atoms with van der Waals surface area (Å²) in [6.07, 6.45) is 1.85. The van der Waals surface area contributed by atoms with Gasteiger partial charge in [-0.25, -0.2) is 26.3 Å². The molecule has 0 aliphatic rings. The molecule has 0 spiro atoms. The van der Waals surface area contributed by atoms with Crippen LogP contribution >= 0.6 is 0 Å². The largest absolute Gasteiger partial charge is 0.240 e. The molecule has 0 heterocycles. The van der Waals surface area contributed by atoms with Gasteiger partial charge in [-0.05, 0) is 37.6 Å². The normalized spacial score (nSPS) is 11.5. The van der Waals surface area contributed by atoms with Crippen LogP contribution in [-0.2, 0) is 20.0 Å². The van der Waals surface area contributed by atoms with Crippen LogP contribution in [0.15, 0.2) is 64.4 Å². The zero-order valence-electron chi connectivity index (χ0n) is 16.0. The molecule has 0 aliphatic heterocycles. The molecule has 0 amide bonds. The molecule has 0 fully saturated rings. The summed E-state index contributed by atoms with van der Waals surface area (Å²) >= 11 is 0. The summed E-state index contributed by atoms with van der Waals surface area (Å²) in [7, 11) is -6.56. The SMILES string of the molecule is CCCCNS(=O)(=O)c1ccccc1.CCNS(=O)(=O)c1ccc(C)cc1. The average Bonchev–Trinajstić information content (AvgIpc) is 2.63. The standard InChI is InChI=1S/C10H15NO2S.C9H13NO2S/c1-2-3-9-11-14(12,13)10-7-5-4-6-8-10;1-3-10-13(11,12)9-6-4-8(2)5-7-9/h4-8,11H,2-3,9H2,1H3;4-7,10H,3H2,1-2H3. The Hall–Kier alpha value is -1.74. The van der Waals surface area contributed by atoms with Crippen LogP contribution in [-0.4, -0.2) is 29.9 Å². The van der Waals surface area contributed by atoms with Crippen LogP contribution in [0.2, 0.25) is 0 Å². The first-order chi connectivity index (χ1) is 12.7. The molecule has 6 nitrogen and oxygen atoms in total. The van der Waals surface area contributed by atoms with Gasteiger partial charge in [0.2, 0.25) is 20.0 Å². The van der Waals surface area contributed by atoms with E-state index in [4.69, 9.17) is 0 Å². The van der Waals surface area contributed by atoms with Crippen molar-refractivity contribution in [2.45, 2.75) is 43.4 Å². The first-order valence-electron chi connectivity index (χ1n) is 8.84. The van der Waals surface area contributed by atoms with Crippen molar-refractivity contribution in [1.29, 1.82) is 0 Å². The number of sulfonamides is 2. The van der Waals surface area contributed by atoms with E-state index in [0.29, 0.717) is 22.9 Å². The third-order valence-corrected chi connectivity index (χ3v) is 6.58. The first-order valence-corrected chi connectivity index (χ1v) is 11.8. The highest BCUT2D eigenvalue weighted by Gasteiger charge is 2.11. The van der Waals surface area contributed by atoms with Gasteiger partial charge in [-0.3, -0.25) is 0 Å². The fourth-order valence-corrected chi connectivity index (χ4v) is 4.19. The van der Waals surface area contributed by atoms with Crippen molar-refractivity contribution in [3.8, 4) is 0 Å². The van der Waals surface area contributed by atoms with Crippen molar-refractivity contribution in [3.63, 3.8) is 0 Å². The Kier molecular flexibility index (Phi) is 9.65. The van der Waals surface area contributed by atoms with Crippen molar-refractivity contribution in [2.24, 2.45) is 0 Å². The lowest BCUT2D eigenvalue weighted by molar-refractivity contribution is 0.578. The zero-order chi connectivity index (χ0) is 20.3. The molecule has 0 radical (unpaired) electrons. The van der Waals surface area contributed by atoms with E-state index in [1.54, 1.807) is 61.5 Å². The van der Waals surface area contributed by atoms with Crippen LogP contribution in [0, 0.1) is 6.92 Å². The lowest BCUT2D eigenvalue weighted by Gasteiger charge is -2.04. The Balaban J connectivity index is 0.000000271. The minimum Gasteiger partial charge on any atom is -0.211 e. The monoisotopic (exact) mass is 412 g/mol. The van der Waals surface area contributed by atoms with Crippen LogP contribution in [0.1, 0.15) is 32.3 Å². The van der Waals surface area contributed by atoms with Gasteiger partial charge in [-0.1, -0.05) is 56.2 Å². The fraction of sp³-hybridized carbons (Fsp3) is 0.368. The maximum atomic E-state index is 11.6. The summed E-state index contributed by atoms with van der Waals surface area (Å²) in [5.74, 6) is 0. The second-order valence-corrected chi connectivity index (χ2v) is 9.41. The van der Waals surface area contributed by atoms with Gasteiger partial charge in [0.25, 0.3) is 0 Å². The molecule has 2 N–H and O–H groups in total. The quantitative estimate of drug-likeness (QED) is 0.652. The average molecular weight is 413 g/mol. The molecule has 0 saturated heterocycles. The smallest absolute Gasteiger partial charge is 0.211 e. The molecule has 0 aliphatic carbocycles. The second-order valence-electron chi connectivity index (χ2n) is 5.88. The molecule has 0 bridgehead atoms. The molecule has 0 unspecified atom stereocenters. The van der Waals surface area contributed by atoms with Gasteiger partial charge >= 0.3 is 0 Å². The van der Waals surface area contributed by atoms with Crippen molar-refractivity contribution >= 4 is 20.0 Å². The van der Waals surface area contributed by atoms with Gasteiger partial charge in [0.1, 0.15) is 0 Å². The van der Waals surface area contributed by atoms with Gasteiger partial charge in [0.15, 0.2) is 0 Å². The number of aryl methyl sites for hydroxylation is 1. The van der Waals surface area contributed by atoms with Gasteiger partial charge in [-0.2, -0.15) is 0 Å². The van der Waals surface area contributed by atoms with Crippen LogP contribution < -0.4 is 9.44 Å². The predicted octanol–water partition coefficient (Wildman–Crippen LogP) is 3.06. The van der Waals surface area contributed by atoms with E-state index in [1.807, 2.05) is 13.8 Å². The number of hydrogen-bond donors (Lipinski definition) is 2. The highest BCUT2D eigenvalue weighted by Crippen LogP contribution is 2.09. The molecule has 2 aromatic rings. The van der Waals surface area contributed by atoms with Crippen LogP contribution in [0.25, 0.3) is 0 Å². The third-order valence-electron chi connectivity index (χ3n) is 3.54. The van der Waals surface area contributed by atoms with E-state index < -0.39 is 20.0 Å². The Morgan fingerprint density at radius 2 is 1.26 bits per heavy atom. The maximum Gasteiger partial charge on any atom is 0.240 e. The minimum absolute atomic E-state index is 0.319. The van der Waals surface area contributed by atoms with E-state index in [1.165, 1.54) is 0 Å². The van der Waals surface area contributed by atoms with Crippen molar-refractivity contribution in [2.75, 3.05) is 13.1 Å². The summed E-state index contributed by atoms with van der Waals surface area (Å²) in [6, 6.07) is 15.2. The molecule has 150 valence electrons. The molecule has 2 rings (SSSR count). The topological polar surface area (TPSA) is 92.3 Å². The molecule has 2 aromatic carbocycles. The molecule has 8 heteroatoms. The minimum atomic E-state index is -3.28. The molecule has 0 aromatic heterocycles. The first kappa shape index (κ1) is 23.3. The number of hydrogen-bond acceptors (Lipinski definition) is 4. The van der Waals surface area contributed by atoms with Crippen LogP contribution in [0.3, 0.4) is 0 Å². The summed E-state index contributed by atoms with van der Waals surface area (Å²) in [5, 5.41) is 0. The number of rotatable bonds is 8. The van der Waals surface area contributed by atoms with Crippen molar-refractivity contribution in [3.05, 3.63) is 60.2 Å². The fourth-order valence-electron chi connectivity index (χ4n) is 2.06. The number of nitrogens with one attached hydrogen (secondary N) is 2. The van der Waals surface area contributed by atoms with E-state index in [9.17, 15) is 16.8 Å². The molecule has 27 heavy (non-hydrogen) atoms. The maximum absolute atomic E-state index is 11.6. The van der Waals surface area contributed by atoms with Gasteiger partial charge < -0.3 is 0 Å². The summed E-state index contributed by atoms with van der Waals surface area (Å²) in [5.41, 5.74) is 1.05. The predicted molar refractivity (Wildman–Crippen MR) is 109 cm³/mol. The lowest BCUT2D eigenvalue weighted by atomic mass is 10.2. The second kappa shape index (κ2) is 11.2. The Morgan fingerprint density at radius 1 is 0.741 bits per heavy atom. The highest BCUT2D eigenvalue weighted by molar-refractivity contribution is 7.89.